The predicted molar refractivity (Wildman–Crippen MR) is 56.8 cm³/mol. The van der Waals surface area contributed by atoms with Gasteiger partial charge in [0.2, 0.25) is 0 Å². The molecule has 1 saturated carbocycles. The molecule has 1 nitrogen and oxygen atoms in total. The lowest BCUT2D eigenvalue weighted by Crippen LogP contribution is -2.49. The van der Waals surface area contributed by atoms with Gasteiger partial charge in [-0.2, -0.15) is 0 Å². The van der Waals surface area contributed by atoms with Crippen LogP contribution in [-0.4, -0.2) is 11.6 Å². The van der Waals surface area contributed by atoms with Crippen molar-refractivity contribution in [3.8, 4) is 0 Å². The largest absolute Gasteiger partial charge is 0.308 e. The molecule has 0 aromatic rings. The Labute approximate surface area is 81.6 Å². The molecule has 1 unspecified atom stereocenters. The summed E-state index contributed by atoms with van der Waals surface area (Å²) in [4.78, 5) is 0. The van der Waals surface area contributed by atoms with Crippen LogP contribution in [0.15, 0.2) is 12.2 Å². The summed E-state index contributed by atoms with van der Waals surface area (Å²) in [6.07, 6.45) is 14.3. The summed E-state index contributed by atoms with van der Waals surface area (Å²) in [5, 5.41) is 3.83. The summed E-state index contributed by atoms with van der Waals surface area (Å²) in [6, 6.07) is 0.678. The maximum absolute atomic E-state index is 3.83. The fourth-order valence-electron chi connectivity index (χ4n) is 2.83. The zero-order valence-corrected chi connectivity index (χ0v) is 8.68. The molecule has 1 aliphatic carbocycles. The van der Waals surface area contributed by atoms with E-state index in [-0.39, 0.29) is 0 Å². The van der Waals surface area contributed by atoms with E-state index in [1.165, 1.54) is 44.9 Å². The highest BCUT2D eigenvalue weighted by Gasteiger charge is 2.32. The van der Waals surface area contributed by atoms with Crippen molar-refractivity contribution in [3.05, 3.63) is 12.2 Å². The van der Waals surface area contributed by atoms with Crippen molar-refractivity contribution in [2.75, 3.05) is 0 Å². The van der Waals surface area contributed by atoms with Crippen LogP contribution < -0.4 is 5.32 Å². The van der Waals surface area contributed by atoms with Crippen molar-refractivity contribution in [1.82, 2.24) is 5.32 Å². The normalized spacial score (nSPS) is 33.2. The SMILES string of the molecule is CC1CC=CCC2(CCCCC2)N1. The molecule has 0 aromatic carbocycles. The summed E-state index contributed by atoms with van der Waals surface area (Å²) in [5.74, 6) is 0. The summed E-state index contributed by atoms with van der Waals surface area (Å²) in [6.45, 7) is 2.31. The van der Waals surface area contributed by atoms with Gasteiger partial charge in [-0.05, 0) is 32.6 Å². The molecule has 1 atom stereocenters. The monoisotopic (exact) mass is 179 g/mol. The molecule has 1 spiro atoms. The summed E-state index contributed by atoms with van der Waals surface area (Å²) in [5.41, 5.74) is 0.477. The van der Waals surface area contributed by atoms with E-state index >= 15 is 0 Å². The van der Waals surface area contributed by atoms with Crippen LogP contribution in [0, 0.1) is 0 Å². The van der Waals surface area contributed by atoms with E-state index in [4.69, 9.17) is 0 Å². The predicted octanol–water partition coefficient (Wildman–Crippen LogP) is 3.02. The maximum Gasteiger partial charge on any atom is 0.0218 e. The van der Waals surface area contributed by atoms with E-state index in [2.05, 4.69) is 24.4 Å². The second kappa shape index (κ2) is 3.83. The Kier molecular flexibility index (Phi) is 2.73. The lowest BCUT2D eigenvalue weighted by atomic mass is 9.79. The number of hydrogen-bond donors (Lipinski definition) is 1. The topological polar surface area (TPSA) is 12.0 Å². The molecule has 74 valence electrons. The average molecular weight is 179 g/mol. The zero-order valence-electron chi connectivity index (χ0n) is 8.68. The summed E-state index contributed by atoms with van der Waals surface area (Å²) < 4.78 is 0. The first-order valence-electron chi connectivity index (χ1n) is 5.73. The van der Waals surface area contributed by atoms with Gasteiger partial charge in [-0.15, -0.1) is 0 Å². The van der Waals surface area contributed by atoms with Crippen LogP contribution in [0.2, 0.25) is 0 Å². The van der Waals surface area contributed by atoms with Crippen LogP contribution in [0.3, 0.4) is 0 Å². The molecule has 0 radical (unpaired) electrons. The molecular weight excluding hydrogens is 158 g/mol. The molecule has 1 aliphatic heterocycles. The molecule has 2 rings (SSSR count). The Balaban J connectivity index is 2.05. The van der Waals surface area contributed by atoms with Crippen LogP contribution in [0.25, 0.3) is 0 Å². The maximum atomic E-state index is 3.83. The van der Waals surface area contributed by atoms with E-state index in [0.29, 0.717) is 11.6 Å². The molecular formula is C12H21N. The third-order valence-corrected chi connectivity index (χ3v) is 3.53. The molecule has 2 aliphatic rings. The Morgan fingerprint density at radius 2 is 1.92 bits per heavy atom. The highest BCUT2D eigenvalue weighted by Crippen LogP contribution is 2.33. The number of rotatable bonds is 0. The van der Waals surface area contributed by atoms with Gasteiger partial charge in [-0.1, -0.05) is 31.4 Å². The summed E-state index contributed by atoms with van der Waals surface area (Å²) >= 11 is 0. The second-order valence-electron chi connectivity index (χ2n) is 4.80. The van der Waals surface area contributed by atoms with Crippen molar-refractivity contribution >= 4 is 0 Å². The molecule has 13 heavy (non-hydrogen) atoms. The minimum atomic E-state index is 0.477. The molecule has 0 amide bonds. The van der Waals surface area contributed by atoms with Gasteiger partial charge >= 0.3 is 0 Å². The fraction of sp³-hybridized carbons (Fsp3) is 0.833. The van der Waals surface area contributed by atoms with Crippen LogP contribution in [-0.2, 0) is 0 Å². The lowest BCUT2D eigenvalue weighted by molar-refractivity contribution is 0.217. The molecule has 1 heteroatoms. The van der Waals surface area contributed by atoms with E-state index in [0.717, 1.165) is 0 Å². The molecule has 0 saturated heterocycles. The number of nitrogens with one attached hydrogen (secondary N) is 1. The van der Waals surface area contributed by atoms with Gasteiger partial charge in [0.1, 0.15) is 0 Å². The third-order valence-electron chi connectivity index (χ3n) is 3.53. The summed E-state index contributed by atoms with van der Waals surface area (Å²) in [7, 11) is 0. The van der Waals surface area contributed by atoms with E-state index in [1.807, 2.05) is 0 Å². The van der Waals surface area contributed by atoms with Crippen molar-refractivity contribution in [1.29, 1.82) is 0 Å². The molecule has 1 heterocycles. The van der Waals surface area contributed by atoms with Gasteiger partial charge in [0.25, 0.3) is 0 Å². The smallest absolute Gasteiger partial charge is 0.0218 e. The first kappa shape index (κ1) is 9.26. The first-order chi connectivity index (χ1) is 6.31. The van der Waals surface area contributed by atoms with Gasteiger partial charge in [-0.3, -0.25) is 0 Å². The quantitative estimate of drug-likeness (QED) is 0.564. The minimum Gasteiger partial charge on any atom is -0.308 e. The van der Waals surface area contributed by atoms with E-state index in [9.17, 15) is 0 Å². The van der Waals surface area contributed by atoms with Crippen molar-refractivity contribution in [2.45, 2.75) is 63.5 Å². The van der Waals surface area contributed by atoms with Crippen LogP contribution >= 0.6 is 0 Å². The second-order valence-corrected chi connectivity index (χ2v) is 4.80. The van der Waals surface area contributed by atoms with Crippen LogP contribution in [0.4, 0.5) is 0 Å². The molecule has 0 aromatic heterocycles. The minimum absolute atomic E-state index is 0.477. The molecule has 1 N–H and O–H groups in total. The first-order valence-corrected chi connectivity index (χ1v) is 5.73. The van der Waals surface area contributed by atoms with Gasteiger partial charge in [0, 0.05) is 11.6 Å². The van der Waals surface area contributed by atoms with Crippen LogP contribution in [0.1, 0.15) is 51.9 Å². The lowest BCUT2D eigenvalue weighted by Gasteiger charge is -2.39. The standard InChI is InChI=1S/C12H21N/c1-11-7-3-6-10-12(13-11)8-4-2-5-9-12/h3,6,11,13H,2,4-5,7-10H2,1H3. The highest BCUT2D eigenvalue weighted by molar-refractivity contribution is 5.03. The highest BCUT2D eigenvalue weighted by atomic mass is 15.0. The Morgan fingerprint density at radius 3 is 2.69 bits per heavy atom. The van der Waals surface area contributed by atoms with Gasteiger partial charge < -0.3 is 5.32 Å². The zero-order chi connectivity index (χ0) is 9.15. The van der Waals surface area contributed by atoms with Gasteiger partial charge in [-0.25, -0.2) is 0 Å². The van der Waals surface area contributed by atoms with E-state index in [1.54, 1.807) is 0 Å². The van der Waals surface area contributed by atoms with Gasteiger partial charge in [0.15, 0.2) is 0 Å². The molecule has 0 bridgehead atoms. The van der Waals surface area contributed by atoms with Crippen LogP contribution in [0.5, 0.6) is 0 Å². The Bertz CT molecular complexity index is 189. The number of hydrogen-bond acceptors (Lipinski definition) is 1. The van der Waals surface area contributed by atoms with Crippen molar-refractivity contribution < 1.29 is 0 Å². The Hall–Kier alpha value is -0.300. The molecule has 1 fully saturated rings. The fourth-order valence-corrected chi connectivity index (χ4v) is 2.83. The average Bonchev–Trinajstić information content (AvgIpc) is 2.29. The van der Waals surface area contributed by atoms with Gasteiger partial charge in [0.05, 0.1) is 0 Å². The van der Waals surface area contributed by atoms with Crippen molar-refractivity contribution in [2.24, 2.45) is 0 Å². The Morgan fingerprint density at radius 1 is 1.15 bits per heavy atom. The van der Waals surface area contributed by atoms with E-state index < -0.39 is 0 Å². The van der Waals surface area contributed by atoms with Crippen molar-refractivity contribution in [3.63, 3.8) is 0 Å². The third kappa shape index (κ3) is 2.14.